The van der Waals surface area contributed by atoms with Gasteiger partial charge in [0.25, 0.3) is 5.91 Å². The number of allylic oxidation sites excluding steroid dienone is 1. The summed E-state index contributed by atoms with van der Waals surface area (Å²) in [7, 11) is 0. The van der Waals surface area contributed by atoms with Crippen LogP contribution in [0.15, 0.2) is 72.5 Å². The molecular formula is C31H30N2O6S. The van der Waals surface area contributed by atoms with Gasteiger partial charge in [0.1, 0.15) is 5.01 Å². The Labute approximate surface area is 236 Å². The molecule has 2 N–H and O–H groups in total. The van der Waals surface area contributed by atoms with Gasteiger partial charge in [-0.3, -0.25) is 4.79 Å². The van der Waals surface area contributed by atoms with Crippen LogP contribution in [-0.2, 0) is 14.3 Å². The molecule has 0 radical (unpaired) electrons. The summed E-state index contributed by atoms with van der Waals surface area (Å²) in [6.07, 6.45) is 3.14. The van der Waals surface area contributed by atoms with Gasteiger partial charge >= 0.3 is 0 Å². The molecule has 2 aliphatic heterocycles. The van der Waals surface area contributed by atoms with Gasteiger partial charge in [0.2, 0.25) is 13.1 Å². The number of anilines is 1. The Balaban J connectivity index is 1.18. The van der Waals surface area contributed by atoms with Crippen molar-refractivity contribution >= 4 is 33.1 Å². The van der Waals surface area contributed by atoms with Crippen molar-refractivity contribution < 1.29 is 28.8 Å². The lowest BCUT2D eigenvalue weighted by molar-refractivity contribution is -0.143. The topological polar surface area (TPSA) is 99.1 Å². The van der Waals surface area contributed by atoms with Crippen molar-refractivity contribution in [3.05, 3.63) is 83.6 Å². The van der Waals surface area contributed by atoms with Crippen LogP contribution in [0, 0.1) is 6.92 Å². The highest BCUT2D eigenvalue weighted by Gasteiger charge is 2.30. The van der Waals surface area contributed by atoms with Crippen molar-refractivity contribution in [3.8, 4) is 22.1 Å². The minimum atomic E-state index is -0.593. The minimum Gasteiger partial charge on any atom is -0.459 e. The second-order valence-electron chi connectivity index (χ2n) is 9.86. The van der Waals surface area contributed by atoms with E-state index in [1.54, 1.807) is 11.3 Å². The van der Waals surface area contributed by atoms with E-state index in [0.29, 0.717) is 43.1 Å². The summed E-state index contributed by atoms with van der Waals surface area (Å²) in [5.41, 5.74) is 4.82. The second kappa shape index (κ2) is 11.7. The van der Waals surface area contributed by atoms with Crippen molar-refractivity contribution in [1.82, 2.24) is 4.98 Å². The molecule has 0 saturated carbocycles. The number of nitrogens with one attached hydrogen (secondary N) is 1. The first kappa shape index (κ1) is 26.3. The van der Waals surface area contributed by atoms with E-state index in [0.717, 1.165) is 26.4 Å². The molecule has 0 saturated heterocycles. The molecule has 4 aromatic rings. The molecule has 0 aliphatic carbocycles. The molecule has 8 nitrogen and oxygen atoms in total. The number of thiazole rings is 1. The normalized spacial score (nSPS) is 17.9. The van der Waals surface area contributed by atoms with Crippen LogP contribution in [0.4, 0.5) is 5.69 Å². The lowest BCUT2D eigenvalue weighted by Crippen LogP contribution is -2.29. The van der Waals surface area contributed by atoms with Crippen LogP contribution >= 0.6 is 11.3 Å². The van der Waals surface area contributed by atoms with Crippen molar-refractivity contribution in [2.45, 2.75) is 38.4 Å². The third kappa shape index (κ3) is 5.82. The molecule has 0 spiro atoms. The molecule has 1 amide bonds. The average molecular weight is 559 g/mol. The number of nitrogens with zero attached hydrogens (tertiary/aromatic N) is 1. The van der Waals surface area contributed by atoms with E-state index in [-0.39, 0.29) is 31.0 Å². The SMILES string of the molecule is Cc1ccc2nc(-c3ccc(NC(=O)C4=C[C@@H](c5ccc6c(c5)OCO6)C[C@@H](OCCCCO)O4)cc3)sc2c1. The minimum absolute atomic E-state index is 0.111. The van der Waals surface area contributed by atoms with Gasteiger partial charge < -0.3 is 29.4 Å². The molecule has 0 fully saturated rings. The Bertz CT molecular complexity index is 1550. The molecule has 40 heavy (non-hydrogen) atoms. The summed E-state index contributed by atoms with van der Waals surface area (Å²) in [6.45, 7) is 2.81. The Hall–Kier alpha value is -3.92. The summed E-state index contributed by atoms with van der Waals surface area (Å²) in [6, 6.07) is 19.7. The lowest BCUT2D eigenvalue weighted by atomic mass is 9.92. The van der Waals surface area contributed by atoms with Gasteiger partial charge in [0.05, 0.1) is 16.8 Å². The summed E-state index contributed by atoms with van der Waals surface area (Å²) >= 11 is 1.65. The van der Waals surface area contributed by atoms with Crippen LogP contribution in [0.2, 0.25) is 0 Å². The maximum absolute atomic E-state index is 13.3. The van der Waals surface area contributed by atoms with Gasteiger partial charge in [-0.15, -0.1) is 11.3 Å². The summed E-state index contributed by atoms with van der Waals surface area (Å²) in [5.74, 6) is 1.13. The predicted octanol–water partition coefficient (Wildman–Crippen LogP) is 6.14. The Morgan fingerprint density at radius 3 is 2.77 bits per heavy atom. The van der Waals surface area contributed by atoms with Crippen molar-refractivity contribution in [2.24, 2.45) is 0 Å². The highest BCUT2D eigenvalue weighted by Crippen LogP contribution is 2.39. The van der Waals surface area contributed by atoms with E-state index in [4.69, 9.17) is 29.0 Å². The maximum atomic E-state index is 13.3. The van der Waals surface area contributed by atoms with Crippen LogP contribution in [0.1, 0.15) is 36.3 Å². The van der Waals surface area contributed by atoms with E-state index in [2.05, 4.69) is 24.4 Å². The highest BCUT2D eigenvalue weighted by molar-refractivity contribution is 7.21. The van der Waals surface area contributed by atoms with Gasteiger partial charge in [-0.2, -0.15) is 0 Å². The van der Waals surface area contributed by atoms with E-state index in [1.807, 2.05) is 54.6 Å². The Morgan fingerprint density at radius 2 is 1.93 bits per heavy atom. The molecule has 9 heteroatoms. The first-order chi connectivity index (χ1) is 19.6. The van der Waals surface area contributed by atoms with Gasteiger partial charge in [0.15, 0.2) is 17.3 Å². The third-order valence-corrected chi connectivity index (χ3v) is 7.96. The summed E-state index contributed by atoms with van der Waals surface area (Å²) < 4.78 is 24.1. The number of hydrogen-bond donors (Lipinski definition) is 2. The highest BCUT2D eigenvalue weighted by atomic mass is 32.1. The molecule has 2 atom stereocenters. The number of amides is 1. The van der Waals surface area contributed by atoms with Crippen molar-refractivity contribution in [1.29, 1.82) is 0 Å². The maximum Gasteiger partial charge on any atom is 0.290 e. The smallest absolute Gasteiger partial charge is 0.290 e. The quantitative estimate of drug-likeness (QED) is 0.238. The molecule has 2 aliphatic rings. The number of hydrogen-bond acceptors (Lipinski definition) is 8. The van der Waals surface area contributed by atoms with Crippen LogP contribution in [0.25, 0.3) is 20.8 Å². The summed E-state index contributed by atoms with van der Waals surface area (Å²) in [4.78, 5) is 18.1. The molecule has 0 unspecified atom stereocenters. The largest absolute Gasteiger partial charge is 0.459 e. The number of rotatable bonds is 9. The molecule has 1 aromatic heterocycles. The fraction of sp³-hybridized carbons (Fsp3) is 0.290. The first-order valence-corrected chi connectivity index (χ1v) is 14.2. The van der Waals surface area contributed by atoms with Gasteiger partial charge in [-0.05, 0) is 85.5 Å². The van der Waals surface area contributed by atoms with Crippen molar-refractivity contribution in [3.63, 3.8) is 0 Å². The third-order valence-electron chi connectivity index (χ3n) is 6.90. The number of aryl methyl sites for hydroxylation is 1. The van der Waals surface area contributed by atoms with Crippen molar-refractivity contribution in [2.75, 3.05) is 25.3 Å². The standard InChI is InChI=1S/C31H30N2O6S/c1-19-4-10-24-28(14-19)40-31(33-24)20-5-8-23(9-6-20)32-30(35)27-16-22(17-29(39-27)36-13-3-2-12-34)21-7-11-25-26(15-21)38-18-37-25/h4-11,14-16,22,29,34H,2-3,12-13,17-18H2,1H3,(H,32,35)/t22-,29+/m1/s1. The number of unbranched alkanes of at least 4 members (excludes halogenated alkanes) is 1. The van der Waals surface area contributed by atoms with Crippen LogP contribution in [0.5, 0.6) is 11.5 Å². The molecule has 206 valence electrons. The molecule has 3 aromatic carbocycles. The number of ether oxygens (including phenoxy) is 4. The number of carbonyl (C=O) groups is 1. The first-order valence-electron chi connectivity index (χ1n) is 13.4. The number of carbonyl (C=O) groups excluding carboxylic acids is 1. The molecule has 3 heterocycles. The summed E-state index contributed by atoms with van der Waals surface area (Å²) in [5, 5.41) is 13.0. The zero-order chi connectivity index (χ0) is 27.5. The number of aromatic nitrogens is 1. The van der Waals surface area contributed by atoms with E-state index < -0.39 is 6.29 Å². The number of aliphatic hydroxyl groups excluding tert-OH is 1. The number of fused-ring (bicyclic) bond motifs is 2. The fourth-order valence-electron chi connectivity index (χ4n) is 4.77. The molecule has 0 bridgehead atoms. The number of benzene rings is 3. The zero-order valence-electron chi connectivity index (χ0n) is 22.1. The Morgan fingerprint density at radius 1 is 1.07 bits per heavy atom. The van der Waals surface area contributed by atoms with Gasteiger partial charge in [-0.25, -0.2) is 4.98 Å². The zero-order valence-corrected chi connectivity index (χ0v) is 22.9. The van der Waals surface area contributed by atoms with E-state index in [1.165, 1.54) is 5.56 Å². The van der Waals surface area contributed by atoms with Crippen LogP contribution in [0.3, 0.4) is 0 Å². The fourth-order valence-corrected chi connectivity index (χ4v) is 5.84. The van der Waals surface area contributed by atoms with E-state index in [9.17, 15) is 4.79 Å². The van der Waals surface area contributed by atoms with Crippen LogP contribution in [-0.4, -0.2) is 42.3 Å². The molecule has 6 rings (SSSR count). The monoisotopic (exact) mass is 558 g/mol. The average Bonchev–Trinajstić information content (AvgIpc) is 3.62. The van der Waals surface area contributed by atoms with Crippen LogP contribution < -0.4 is 14.8 Å². The second-order valence-corrected chi connectivity index (χ2v) is 10.9. The lowest BCUT2D eigenvalue weighted by Gasteiger charge is -2.29. The van der Waals surface area contributed by atoms with Gasteiger partial charge in [0, 0.05) is 30.2 Å². The van der Waals surface area contributed by atoms with E-state index >= 15 is 0 Å². The predicted molar refractivity (Wildman–Crippen MR) is 154 cm³/mol. The Kier molecular flexibility index (Phi) is 7.68. The number of aliphatic hydroxyl groups is 1. The molecular weight excluding hydrogens is 528 g/mol. The van der Waals surface area contributed by atoms with Gasteiger partial charge in [-0.1, -0.05) is 12.1 Å².